The molecule has 28 heavy (non-hydrogen) atoms. The summed E-state index contributed by atoms with van der Waals surface area (Å²) in [5, 5.41) is 18.6. The molecule has 0 unspecified atom stereocenters. The summed E-state index contributed by atoms with van der Waals surface area (Å²) in [7, 11) is -3.53. The average Bonchev–Trinajstić information content (AvgIpc) is 3.33. The van der Waals surface area contributed by atoms with Crippen molar-refractivity contribution in [1.82, 2.24) is 4.98 Å². The topological polar surface area (TPSA) is 127 Å². The number of ether oxygens (including phenoxy) is 1. The third-order valence-electron chi connectivity index (χ3n) is 4.84. The van der Waals surface area contributed by atoms with E-state index in [1.807, 2.05) is 0 Å². The second-order valence-electron chi connectivity index (χ2n) is 7.47. The van der Waals surface area contributed by atoms with Gasteiger partial charge in [0.1, 0.15) is 5.75 Å². The van der Waals surface area contributed by atoms with Gasteiger partial charge in [-0.1, -0.05) is 6.07 Å². The molecule has 0 bridgehead atoms. The third kappa shape index (κ3) is 3.52. The molecule has 2 aliphatic rings. The van der Waals surface area contributed by atoms with Crippen molar-refractivity contribution in [3.63, 3.8) is 0 Å². The van der Waals surface area contributed by atoms with Gasteiger partial charge >= 0.3 is 6.03 Å². The first-order chi connectivity index (χ1) is 13.1. The standard InChI is InChI=1S/C18H22N4O4S2/c1-18(2,24)13-9-20-17(27-13)28(19,25)22-16(23)21-14-12-5-3-4-10(12)8-11-6-7-26-15(11)14/h8-9,24H,3-7H2,1-2H3,(H3,19,21,22,23,25)/t28-/m0/s1. The molecule has 1 aromatic carbocycles. The van der Waals surface area contributed by atoms with Crippen LogP contribution in [-0.2, 0) is 34.8 Å². The van der Waals surface area contributed by atoms with Crippen molar-refractivity contribution in [2.75, 3.05) is 11.9 Å². The lowest BCUT2D eigenvalue weighted by Gasteiger charge is -2.14. The number of benzene rings is 1. The number of rotatable bonds is 3. The highest BCUT2D eigenvalue weighted by atomic mass is 32.2. The molecule has 0 spiro atoms. The summed E-state index contributed by atoms with van der Waals surface area (Å²) in [6.07, 6.45) is 5.03. The fourth-order valence-corrected chi connectivity index (χ4v) is 5.58. The predicted octanol–water partition coefficient (Wildman–Crippen LogP) is 2.73. The molecule has 0 fully saturated rings. The number of urea groups is 1. The molecule has 0 saturated carbocycles. The van der Waals surface area contributed by atoms with E-state index in [1.165, 1.54) is 11.8 Å². The second-order valence-corrected chi connectivity index (χ2v) is 10.5. The van der Waals surface area contributed by atoms with Gasteiger partial charge in [0.2, 0.25) is 4.34 Å². The van der Waals surface area contributed by atoms with Crippen LogP contribution in [0, 0.1) is 0 Å². The van der Waals surface area contributed by atoms with Gasteiger partial charge in [0, 0.05) is 12.6 Å². The first-order valence-electron chi connectivity index (χ1n) is 9.00. The molecule has 150 valence electrons. The number of aryl methyl sites for hydroxylation is 1. The number of aliphatic hydroxyl groups is 1. The average molecular weight is 423 g/mol. The van der Waals surface area contributed by atoms with Gasteiger partial charge in [0.05, 0.1) is 22.8 Å². The van der Waals surface area contributed by atoms with Crippen molar-refractivity contribution in [2.24, 2.45) is 9.50 Å². The quantitative estimate of drug-likeness (QED) is 0.701. The smallest absolute Gasteiger partial charge is 0.355 e. The third-order valence-corrected chi connectivity index (χ3v) is 7.95. The molecule has 1 aliphatic heterocycles. The number of carbonyl (C=O) groups excluding carboxylic acids is 1. The van der Waals surface area contributed by atoms with E-state index in [1.54, 1.807) is 13.8 Å². The van der Waals surface area contributed by atoms with Gasteiger partial charge < -0.3 is 15.2 Å². The lowest BCUT2D eigenvalue weighted by Crippen LogP contribution is -2.18. The number of fused-ring (bicyclic) bond motifs is 2. The number of nitrogens with zero attached hydrogens (tertiary/aromatic N) is 2. The van der Waals surface area contributed by atoms with Crippen LogP contribution in [0.25, 0.3) is 0 Å². The van der Waals surface area contributed by atoms with E-state index in [-0.39, 0.29) is 4.34 Å². The van der Waals surface area contributed by atoms with E-state index in [4.69, 9.17) is 9.88 Å². The van der Waals surface area contributed by atoms with Gasteiger partial charge in [0.25, 0.3) is 0 Å². The highest BCUT2D eigenvalue weighted by Crippen LogP contribution is 2.42. The van der Waals surface area contributed by atoms with Gasteiger partial charge in [-0.3, -0.25) is 0 Å². The maximum absolute atomic E-state index is 12.8. The van der Waals surface area contributed by atoms with Crippen LogP contribution in [-0.4, -0.2) is 26.9 Å². The molecular weight excluding hydrogens is 400 g/mol. The molecule has 8 nitrogen and oxygen atoms in total. The first kappa shape index (κ1) is 19.3. The number of carbonyl (C=O) groups is 1. The monoisotopic (exact) mass is 422 g/mol. The minimum absolute atomic E-state index is 0.000422. The molecule has 4 N–H and O–H groups in total. The molecule has 2 aromatic rings. The maximum Gasteiger partial charge on any atom is 0.355 e. The zero-order valence-electron chi connectivity index (χ0n) is 15.7. The summed E-state index contributed by atoms with van der Waals surface area (Å²) in [5.74, 6) is 0.672. The van der Waals surface area contributed by atoms with E-state index >= 15 is 0 Å². The Morgan fingerprint density at radius 1 is 1.39 bits per heavy atom. The van der Waals surface area contributed by atoms with Crippen LogP contribution in [0.4, 0.5) is 10.5 Å². The van der Waals surface area contributed by atoms with Crippen molar-refractivity contribution in [1.29, 1.82) is 0 Å². The Morgan fingerprint density at radius 3 is 2.89 bits per heavy atom. The number of amides is 2. The molecule has 10 heteroatoms. The normalized spacial score (nSPS) is 17.4. The molecule has 4 rings (SSSR count). The predicted molar refractivity (Wildman–Crippen MR) is 107 cm³/mol. The van der Waals surface area contributed by atoms with Gasteiger partial charge in [-0.2, -0.15) is 0 Å². The highest BCUT2D eigenvalue weighted by molar-refractivity contribution is 7.93. The molecule has 2 amide bonds. The van der Waals surface area contributed by atoms with Gasteiger partial charge in [-0.15, -0.1) is 15.7 Å². The Labute approximate surface area is 167 Å². The first-order valence-corrected chi connectivity index (χ1v) is 11.4. The van der Waals surface area contributed by atoms with Gasteiger partial charge in [-0.05, 0) is 49.8 Å². The van der Waals surface area contributed by atoms with E-state index < -0.39 is 21.5 Å². The van der Waals surface area contributed by atoms with Crippen LogP contribution in [0.5, 0.6) is 5.75 Å². The Kier molecular flexibility index (Phi) is 4.69. The summed E-state index contributed by atoms with van der Waals surface area (Å²) in [4.78, 5) is 17.0. The van der Waals surface area contributed by atoms with Crippen molar-refractivity contribution in [3.05, 3.63) is 33.8 Å². The van der Waals surface area contributed by atoms with Crippen LogP contribution in [0.2, 0.25) is 0 Å². The van der Waals surface area contributed by atoms with E-state index in [0.717, 1.165) is 48.1 Å². The van der Waals surface area contributed by atoms with E-state index in [0.29, 0.717) is 22.9 Å². The minimum Gasteiger partial charge on any atom is -0.491 e. The van der Waals surface area contributed by atoms with Crippen molar-refractivity contribution >= 4 is 33.0 Å². The Morgan fingerprint density at radius 2 is 2.18 bits per heavy atom. The van der Waals surface area contributed by atoms with Crippen LogP contribution < -0.4 is 15.2 Å². The lowest BCUT2D eigenvalue weighted by molar-refractivity contribution is 0.0823. The minimum atomic E-state index is -3.53. The molecule has 1 aromatic heterocycles. The number of nitrogens with two attached hydrogens (primary N) is 1. The Hall–Kier alpha value is -2.01. The SMILES string of the molecule is CC(C)(O)c1cnc([S@@](N)(=O)=NC(=O)Nc2c3c(cc4c2OCC4)CCC3)s1. The summed E-state index contributed by atoms with van der Waals surface area (Å²) < 4.78 is 22.2. The summed E-state index contributed by atoms with van der Waals surface area (Å²) >= 11 is 0.975. The van der Waals surface area contributed by atoms with E-state index in [9.17, 15) is 14.1 Å². The van der Waals surface area contributed by atoms with Crippen LogP contribution in [0.15, 0.2) is 21.0 Å². The van der Waals surface area contributed by atoms with Gasteiger partial charge in [0.15, 0.2) is 9.92 Å². The number of thiazole rings is 1. The fraction of sp³-hybridized carbons (Fsp3) is 0.444. The van der Waals surface area contributed by atoms with E-state index in [2.05, 4.69) is 20.7 Å². The van der Waals surface area contributed by atoms with Crippen LogP contribution in [0.3, 0.4) is 0 Å². The zero-order chi connectivity index (χ0) is 20.1. The number of hydrogen-bond acceptors (Lipinski definition) is 6. The fourth-order valence-electron chi connectivity index (χ4n) is 3.50. The summed E-state index contributed by atoms with van der Waals surface area (Å²) in [6.45, 7) is 3.75. The van der Waals surface area contributed by atoms with Crippen LogP contribution in [0.1, 0.15) is 41.8 Å². The summed E-state index contributed by atoms with van der Waals surface area (Å²) in [5.41, 5.74) is 2.80. The molecule has 0 saturated heterocycles. The Balaban J connectivity index is 1.65. The largest absolute Gasteiger partial charge is 0.491 e. The number of anilines is 1. The molecule has 0 radical (unpaired) electrons. The van der Waals surface area contributed by atoms with Crippen molar-refractivity contribution in [2.45, 2.75) is 49.5 Å². The number of hydrogen-bond donors (Lipinski definition) is 3. The number of nitrogens with one attached hydrogen (secondary N) is 1. The van der Waals surface area contributed by atoms with Gasteiger partial charge in [-0.25, -0.2) is 19.1 Å². The highest BCUT2D eigenvalue weighted by Gasteiger charge is 2.27. The molecule has 2 heterocycles. The van der Waals surface area contributed by atoms with Crippen molar-refractivity contribution in [3.8, 4) is 5.75 Å². The molecule has 1 aliphatic carbocycles. The molecular formula is C18H22N4O4S2. The van der Waals surface area contributed by atoms with Crippen LogP contribution >= 0.6 is 11.3 Å². The molecule has 1 atom stereocenters. The Bertz CT molecular complexity index is 1050. The lowest BCUT2D eigenvalue weighted by atomic mass is 10.0. The maximum atomic E-state index is 12.8. The summed E-state index contributed by atoms with van der Waals surface area (Å²) in [6, 6.07) is 1.35. The second kappa shape index (κ2) is 6.80. The van der Waals surface area contributed by atoms with Crippen molar-refractivity contribution < 1.29 is 18.8 Å². The number of aromatic nitrogens is 1. The zero-order valence-corrected chi connectivity index (χ0v) is 17.3.